The number of nitrogens with one attached hydrogen (secondary N) is 1. The number of thioether (sulfide) groups is 1. The summed E-state index contributed by atoms with van der Waals surface area (Å²) in [7, 11) is 0. The number of nitrogens with zero attached hydrogens (tertiary/aromatic N) is 3. The maximum Gasteiger partial charge on any atom is 0.179 e. The van der Waals surface area contributed by atoms with E-state index < -0.39 is 0 Å². The summed E-state index contributed by atoms with van der Waals surface area (Å²) in [6.07, 6.45) is 3.61. The molecule has 0 radical (unpaired) electrons. The number of benzene rings is 1. The Hall–Kier alpha value is -1.64. The Labute approximate surface area is 133 Å². The number of rotatable bonds is 4. The zero-order valence-corrected chi connectivity index (χ0v) is 13.5. The van der Waals surface area contributed by atoms with Gasteiger partial charge in [-0.05, 0) is 12.3 Å². The van der Waals surface area contributed by atoms with Crippen molar-refractivity contribution in [2.24, 2.45) is 5.73 Å². The molecule has 0 unspecified atom stereocenters. The Morgan fingerprint density at radius 1 is 1.24 bits per heavy atom. The number of hydrogen-bond donors (Lipinski definition) is 2. The SMILES string of the molecule is CSc1nnc(Sc2c(C(=N)N)cnc3ccccc23)s1. The minimum Gasteiger partial charge on any atom is -0.384 e. The molecule has 5 nitrogen and oxygen atoms in total. The largest absolute Gasteiger partial charge is 0.384 e. The van der Waals surface area contributed by atoms with Crippen LogP contribution in [0.2, 0.25) is 0 Å². The van der Waals surface area contributed by atoms with Crippen LogP contribution < -0.4 is 5.73 Å². The number of nitrogen functional groups attached to an aromatic ring is 1. The molecule has 0 saturated heterocycles. The first kappa shape index (κ1) is 14.3. The van der Waals surface area contributed by atoms with Crippen molar-refractivity contribution in [3.05, 3.63) is 36.0 Å². The summed E-state index contributed by atoms with van der Waals surface area (Å²) >= 11 is 4.57. The van der Waals surface area contributed by atoms with Gasteiger partial charge in [0, 0.05) is 22.0 Å². The first-order valence-corrected chi connectivity index (χ1v) is 8.82. The van der Waals surface area contributed by atoms with Crippen molar-refractivity contribution in [3.63, 3.8) is 0 Å². The number of pyridine rings is 1. The maximum atomic E-state index is 7.75. The molecule has 8 heteroatoms. The molecule has 3 rings (SSSR count). The van der Waals surface area contributed by atoms with Crippen LogP contribution in [0.4, 0.5) is 0 Å². The van der Waals surface area contributed by atoms with Crippen LogP contribution in [0.1, 0.15) is 5.56 Å². The van der Waals surface area contributed by atoms with Gasteiger partial charge in [-0.25, -0.2) is 0 Å². The maximum absolute atomic E-state index is 7.75. The predicted octanol–water partition coefficient (Wildman–Crippen LogP) is 3.24. The van der Waals surface area contributed by atoms with Crippen molar-refractivity contribution in [2.45, 2.75) is 13.6 Å². The van der Waals surface area contributed by atoms with Gasteiger partial charge < -0.3 is 5.73 Å². The van der Waals surface area contributed by atoms with Crippen LogP contribution in [0.3, 0.4) is 0 Å². The Morgan fingerprint density at radius 2 is 2.00 bits per heavy atom. The van der Waals surface area contributed by atoms with Gasteiger partial charge in [-0.3, -0.25) is 10.4 Å². The standard InChI is InChI=1S/C13H11N5S3/c1-19-12-17-18-13(21-12)20-10-7-4-2-3-5-9(7)16-6-8(10)11(14)15/h2-6H,1H3,(H3,14,15). The summed E-state index contributed by atoms with van der Waals surface area (Å²) in [6, 6.07) is 7.81. The number of fused-ring (bicyclic) bond motifs is 1. The molecule has 106 valence electrons. The molecule has 21 heavy (non-hydrogen) atoms. The van der Waals surface area contributed by atoms with Gasteiger partial charge in [0.2, 0.25) is 0 Å². The van der Waals surface area contributed by atoms with Crippen LogP contribution in [0, 0.1) is 5.41 Å². The molecule has 0 fully saturated rings. The molecule has 0 aliphatic carbocycles. The molecule has 3 aromatic rings. The summed E-state index contributed by atoms with van der Waals surface area (Å²) in [5.74, 6) is 0.00496. The normalized spacial score (nSPS) is 10.9. The highest BCUT2D eigenvalue weighted by atomic mass is 32.2. The van der Waals surface area contributed by atoms with Crippen molar-refractivity contribution in [2.75, 3.05) is 6.26 Å². The predicted molar refractivity (Wildman–Crippen MR) is 88.6 cm³/mol. The Morgan fingerprint density at radius 3 is 2.71 bits per heavy atom. The average Bonchev–Trinajstić information content (AvgIpc) is 2.95. The summed E-state index contributed by atoms with van der Waals surface area (Å²) in [6.45, 7) is 0. The van der Waals surface area contributed by atoms with Crippen LogP contribution >= 0.6 is 34.9 Å². The number of aromatic nitrogens is 3. The van der Waals surface area contributed by atoms with Gasteiger partial charge in [-0.2, -0.15) is 0 Å². The lowest BCUT2D eigenvalue weighted by Crippen LogP contribution is -2.13. The van der Waals surface area contributed by atoms with Gasteiger partial charge >= 0.3 is 0 Å². The van der Waals surface area contributed by atoms with Gasteiger partial charge in [0.1, 0.15) is 5.84 Å². The Bertz CT molecular complexity index is 814. The third-order valence-electron chi connectivity index (χ3n) is 2.77. The number of para-hydroxylation sites is 1. The monoisotopic (exact) mass is 333 g/mol. The number of hydrogen-bond acceptors (Lipinski definition) is 7. The molecule has 2 aromatic heterocycles. The smallest absolute Gasteiger partial charge is 0.179 e. The molecular weight excluding hydrogens is 322 g/mol. The van der Waals surface area contributed by atoms with Gasteiger partial charge in [-0.15, -0.1) is 10.2 Å². The first-order valence-electron chi connectivity index (χ1n) is 5.96. The highest BCUT2D eigenvalue weighted by molar-refractivity contribution is 8.03. The van der Waals surface area contributed by atoms with E-state index in [1.54, 1.807) is 18.0 Å². The van der Waals surface area contributed by atoms with Crippen molar-refractivity contribution in [3.8, 4) is 0 Å². The second-order valence-electron chi connectivity index (χ2n) is 4.07. The van der Waals surface area contributed by atoms with E-state index in [9.17, 15) is 0 Å². The molecule has 0 atom stereocenters. The molecule has 0 bridgehead atoms. The van der Waals surface area contributed by atoms with Gasteiger partial charge in [0.15, 0.2) is 8.68 Å². The van der Waals surface area contributed by atoms with Crippen LogP contribution in [0.25, 0.3) is 10.9 Å². The van der Waals surface area contributed by atoms with E-state index >= 15 is 0 Å². The highest BCUT2D eigenvalue weighted by Crippen LogP contribution is 2.38. The van der Waals surface area contributed by atoms with Crippen LogP contribution in [-0.2, 0) is 0 Å². The van der Waals surface area contributed by atoms with E-state index in [0.29, 0.717) is 5.56 Å². The van der Waals surface area contributed by atoms with Crippen LogP contribution in [0.5, 0.6) is 0 Å². The van der Waals surface area contributed by atoms with Gasteiger partial charge in [-0.1, -0.05) is 53.1 Å². The topological polar surface area (TPSA) is 88.5 Å². The van der Waals surface area contributed by atoms with Crippen LogP contribution in [0.15, 0.2) is 44.0 Å². The average molecular weight is 333 g/mol. The summed E-state index contributed by atoms with van der Waals surface area (Å²) in [4.78, 5) is 5.26. The minimum absolute atomic E-state index is 0.00496. The molecule has 3 N–H and O–H groups in total. The third kappa shape index (κ3) is 2.87. The van der Waals surface area contributed by atoms with Crippen molar-refractivity contribution < 1.29 is 0 Å². The Kier molecular flexibility index (Phi) is 4.09. The first-order chi connectivity index (χ1) is 10.2. The quantitative estimate of drug-likeness (QED) is 0.433. The number of amidine groups is 1. The Balaban J connectivity index is 2.13. The summed E-state index contributed by atoms with van der Waals surface area (Å²) < 4.78 is 1.75. The summed E-state index contributed by atoms with van der Waals surface area (Å²) in [5, 5.41) is 17.0. The van der Waals surface area contributed by atoms with Crippen LogP contribution in [-0.4, -0.2) is 27.3 Å². The molecule has 0 aliphatic rings. The lowest BCUT2D eigenvalue weighted by Gasteiger charge is -2.09. The summed E-state index contributed by atoms with van der Waals surface area (Å²) in [5.41, 5.74) is 7.18. The highest BCUT2D eigenvalue weighted by Gasteiger charge is 2.15. The van der Waals surface area contributed by atoms with E-state index in [4.69, 9.17) is 11.1 Å². The fraction of sp³-hybridized carbons (Fsp3) is 0.0769. The molecule has 0 spiro atoms. The number of nitrogens with two attached hydrogens (primary N) is 1. The second-order valence-corrected chi connectivity index (χ2v) is 7.36. The van der Waals surface area contributed by atoms with Gasteiger partial charge in [0.05, 0.1) is 5.52 Å². The zero-order chi connectivity index (χ0) is 14.8. The minimum atomic E-state index is 0.00496. The fourth-order valence-corrected chi connectivity index (χ4v) is 4.45. The van der Waals surface area contributed by atoms with Crippen molar-refractivity contribution in [1.29, 1.82) is 5.41 Å². The molecule has 1 aromatic carbocycles. The lowest BCUT2D eigenvalue weighted by molar-refractivity contribution is 0.956. The van der Waals surface area contributed by atoms with Gasteiger partial charge in [0.25, 0.3) is 0 Å². The van der Waals surface area contributed by atoms with E-state index in [0.717, 1.165) is 24.5 Å². The third-order valence-corrected chi connectivity index (χ3v) is 5.86. The van der Waals surface area contributed by atoms with E-state index in [1.807, 2.05) is 30.5 Å². The zero-order valence-electron chi connectivity index (χ0n) is 11.0. The molecule has 0 amide bonds. The van der Waals surface area contributed by atoms with E-state index in [-0.39, 0.29) is 5.84 Å². The lowest BCUT2D eigenvalue weighted by atomic mass is 10.1. The van der Waals surface area contributed by atoms with Crippen molar-refractivity contribution in [1.82, 2.24) is 15.2 Å². The molecule has 2 heterocycles. The molecule has 0 aliphatic heterocycles. The molecular formula is C13H11N5S3. The second kappa shape index (κ2) is 6.00. The fourth-order valence-electron chi connectivity index (χ4n) is 1.83. The molecule has 0 saturated carbocycles. The van der Waals surface area contributed by atoms with Crippen molar-refractivity contribution >= 4 is 51.6 Å². The van der Waals surface area contributed by atoms with E-state index in [2.05, 4.69) is 15.2 Å². The van der Waals surface area contributed by atoms with E-state index in [1.165, 1.54) is 23.1 Å².